The van der Waals surface area contributed by atoms with Crippen LogP contribution in [0, 0.1) is 0 Å². The molecule has 0 N–H and O–H groups in total. The summed E-state index contributed by atoms with van der Waals surface area (Å²) in [7, 11) is 0. The van der Waals surface area contributed by atoms with Gasteiger partial charge in [0.05, 0.1) is 22.6 Å². The van der Waals surface area contributed by atoms with Crippen molar-refractivity contribution >= 4 is 63.8 Å². The van der Waals surface area contributed by atoms with Gasteiger partial charge in [0.25, 0.3) is 0 Å². The minimum Gasteiger partial charge on any atom is -0.247 e. The zero-order valence-electron chi connectivity index (χ0n) is 33.4. The minimum atomic E-state index is 0.706. The lowest BCUT2D eigenvalue weighted by Gasteiger charge is -2.13. The Hall–Kier alpha value is -7.57. The second kappa shape index (κ2) is 15.2. The molecule has 4 aromatic heterocycles. The molecule has 12 aromatic rings. The third-order valence-corrected chi connectivity index (χ3v) is 14.2. The Kier molecular flexibility index (Phi) is 8.87. The van der Waals surface area contributed by atoms with Crippen LogP contribution in [0.5, 0.6) is 0 Å². The first-order chi connectivity index (χ1) is 30.7. The molecule has 0 aliphatic carbocycles. The summed E-state index contributed by atoms with van der Waals surface area (Å²) in [6, 6.07) is 75.4. The molecule has 0 radical (unpaired) electrons. The average molecular weight is 826 g/mol. The number of fused-ring (bicyclic) bond motifs is 6. The summed E-state index contributed by atoms with van der Waals surface area (Å²) in [6.07, 6.45) is 0. The van der Waals surface area contributed by atoms with Crippen LogP contribution in [0.15, 0.2) is 212 Å². The molecule has 0 atom stereocenters. The molecule has 62 heavy (non-hydrogen) atoms. The van der Waals surface area contributed by atoms with E-state index in [0.29, 0.717) is 5.82 Å². The predicted molar refractivity (Wildman–Crippen MR) is 264 cm³/mol. The van der Waals surface area contributed by atoms with Crippen LogP contribution in [0.2, 0.25) is 0 Å². The zero-order valence-corrected chi connectivity index (χ0v) is 35.0. The van der Waals surface area contributed by atoms with E-state index in [1.807, 2.05) is 46.9 Å². The lowest BCUT2D eigenvalue weighted by Crippen LogP contribution is -1.96. The Morgan fingerprint density at radius 2 is 0.887 bits per heavy atom. The van der Waals surface area contributed by atoms with Crippen LogP contribution in [0.4, 0.5) is 0 Å². The fraction of sp³-hybridized carbons (Fsp3) is 0. The van der Waals surface area contributed by atoms with E-state index < -0.39 is 0 Å². The molecule has 290 valence electrons. The minimum absolute atomic E-state index is 0.706. The molecule has 4 heterocycles. The molecule has 5 heteroatoms. The van der Waals surface area contributed by atoms with Gasteiger partial charge in [-0.3, -0.25) is 0 Å². The standard InChI is InChI=1S/C57H35N3S2/c1-4-17-36(18-5-1)48-35-49(60-57(59-48)38-21-8-3-9-22-38)41-25-14-23-39(33-41)40-24-15-26-42(34-40)54-51(46-30-16-29-44-43-27-11-13-32-50(43)61-55(44)46)52-53(37-19-6-2-7-20-37)58-47-31-12-10-28-45(47)56(52)62-54/h1-35H. The van der Waals surface area contributed by atoms with E-state index >= 15 is 0 Å². The molecule has 0 aliphatic rings. The number of rotatable bonds is 7. The number of nitrogens with zero attached hydrogens (tertiary/aromatic N) is 3. The van der Waals surface area contributed by atoms with Crippen molar-refractivity contribution < 1.29 is 0 Å². The summed E-state index contributed by atoms with van der Waals surface area (Å²) in [5.74, 6) is 0.706. The lowest BCUT2D eigenvalue weighted by atomic mass is 9.93. The van der Waals surface area contributed by atoms with E-state index in [4.69, 9.17) is 15.0 Å². The van der Waals surface area contributed by atoms with Crippen LogP contribution >= 0.6 is 22.7 Å². The van der Waals surface area contributed by atoms with Gasteiger partial charge in [-0.25, -0.2) is 15.0 Å². The molecule has 12 rings (SSSR count). The van der Waals surface area contributed by atoms with Gasteiger partial charge < -0.3 is 0 Å². The predicted octanol–water partition coefficient (Wildman–Crippen LogP) is 16.3. The molecule has 0 spiro atoms. The second-order valence-corrected chi connectivity index (χ2v) is 17.6. The van der Waals surface area contributed by atoms with Gasteiger partial charge >= 0.3 is 0 Å². The molecular formula is C57H35N3S2. The zero-order chi connectivity index (χ0) is 41.0. The Balaban J connectivity index is 1.07. The Bertz CT molecular complexity index is 3570. The number of hydrogen-bond acceptors (Lipinski definition) is 5. The third kappa shape index (κ3) is 6.29. The highest BCUT2D eigenvalue weighted by Gasteiger charge is 2.25. The maximum atomic E-state index is 5.44. The van der Waals surface area contributed by atoms with Crippen molar-refractivity contribution in [3.05, 3.63) is 212 Å². The number of benzene rings is 8. The maximum absolute atomic E-state index is 5.44. The summed E-state index contributed by atoms with van der Waals surface area (Å²) in [5.41, 5.74) is 13.9. The van der Waals surface area contributed by atoms with Gasteiger partial charge in [0, 0.05) is 73.9 Å². The number of pyridine rings is 1. The quantitative estimate of drug-likeness (QED) is 0.161. The topological polar surface area (TPSA) is 38.7 Å². The highest BCUT2D eigenvalue weighted by atomic mass is 32.1. The fourth-order valence-electron chi connectivity index (χ4n) is 8.76. The largest absolute Gasteiger partial charge is 0.247 e. The van der Waals surface area contributed by atoms with Crippen LogP contribution in [-0.2, 0) is 0 Å². The summed E-state index contributed by atoms with van der Waals surface area (Å²) >= 11 is 3.75. The van der Waals surface area contributed by atoms with Crippen molar-refractivity contribution in [1.29, 1.82) is 0 Å². The fourth-order valence-corrected chi connectivity index (χ4v) is 11.3. The molecule has 0 amide bonds. The number of aromatic nitrogens is 3. The van der Waals surface area contributed by atoms with Crippen LogP contribution < -0.4 is 0 Å². The van der Waals surface area contributed by atoms with Gasteiger partial charge in [0.15, 0.2) is 5.82 Å². The van der Waals surface area contributed by atoms with Crippen molar-refractivity contribution in [2.24, 2.45) is 0 Å². The molecule has 3 nitrogen and oxygen atoms in total. The van der Waals surface area contributed by atoms with Crippen molar-refractivity contribution in [2.75, 3.05) is 0 Å². The van der Waals surface area contributed by atoms with Crippen molar-refractivity contribution in [2.45, 2.75) is 0 Å². The van der Waals surface area contributed by atoms with E-state index in [2.05, 4.69) is 188 Å². The molecule has 0 saturated heterocycles. The summed E-state index contributed by atoms with van der Waals surface area (Å²) < 4.78 is 3.83. The monoisotopic (exact) mass is 825 g/mol. The highest BCUT2D eigenvalue weighted by molar-refractivity contribution is 7.27. The summed E-state index contributed by atoms with van der Waals surface area (Å²) in [6.45, 7) is 0. The van der Waals surface area contributed by atoms with Crippen molar-refractivity contribution in [3.8, 4) is 77.9 Å². The van der Waals surface area contributed by atoms with Crippen molar-refractivity contribution in [3.63, 3.8) is 0 Å². The lowest BCUT2D eigenvalue weighted by molar-refractivity contribution is 1.18. The van der Waals surface area contributed by atoms with Gasteiger partial charge in [-0.05, 0) is 47.0 Å². The highest BCUT2D eigenvalue weighted by Crippen LogP contribution is 2.53. The molecule has 0 saturated carbocycles. The number of hydrogen-bond donors (Lipinski definition) is 0. The SMILES string of the molecule is c1ccc(-c2cc(-c3cccc(-c4cccc(-c5sc6c(c(-c7ccccc7)nc7ccccc76)c5-c5cccc6c5sc5ccccc56)c4)c3)nc(-c3ccccc3)n2)cc1. The van der Waals surface area contributed by atoms with Crippen LogP contribution in [0.25, 0.3) is 119 Å². The summed E-state index contributed by atoms with van der Waals surface area (Å²) in [4.78, 5) is 16.9. The van der Waals surface area contributed by atoms with E-state index in [1.165, 1.54) is 57.2 Å². The van der Waals surface area contributed by atoms with Gasteiger partial charge in [-0.15, -0.1) is 22.7 Å². The third-order valence-electron chi connectivity index (χ3n) is 11.7. The Morgan fingerprint density at radius 3 is 1.65 bits per heavy atom. The Morgan fingerprint density at radius 1 is 0.339 bits per heavy atom. The number of para-hydroxylation sites is 1. The number of thiophene rings is 2. The first-order valence-corrected chi connectivity index (χ1v) is 22.4. The molecular weight excluding hydrogens is 791 g/mol. The van der Waals surface area contributed by atoms with Crippen LogP contribution in [0.3, 0.4) is 0 Å². The average Bonchev–Trinajstić information content (AvgIpc) is 3.95. The second-order valence-electron chi connectivity index (χ2n) is 15.5. The van der Waals surface area contributed by atoms with Crippen molar-refractivity contribution in [1.82, 2.24) is 15.0 Å². The first kappa shape index (κ1) is 36.3. The smallest absolute Gasteiger partial charge is 0.160 e. The van der Waals surface area contributed by atoms with Gasteiger partial charge in [0.1, 0.15) is 0 Å². The normalized spacial score (nSPS) is 11.5. The molecule has 0 unspecified atom stereocenters. The molecule has 0 aliphatic heterocycles. The summed E-state index contributed by atoms with van der Waals surface area (Å²) in [5, 5.41) is 4.94. The van der Waals surface area contributed by atoms with E-state index in [9.17, 15) is 0 Å². The maximum Gasteiger partial charge on any atom is 0.160 e. The van der Waals surface area contributed by atoms with E-state index in [1.54, 1.807) is 0 Å². The van der Waals surface area contributed by atoms with Crippen LogP contribution in [0.1, 0.15) is 0 Å². The van der Waals surface area contributed by atoms with Gasteiger partial charge in [-0.2, -0.15) is 0 Å². The van der Waals surface area contributed by atoms with Gasteiger partial charge in [0.2, 0.25) is 0 Å². The van der Waals surface area contributed by atoms with E-state index in [-0.39, 0.29) is 0 Å². The Labute approximate surface area is 366 Å². The molecule has 0 fully saturated rings. The van der Waals surface area contributed by atoms with Crippen LogP contribution in [-0.4, -0.2) is 15.0 Å². The first-order valence-electron chi connectivity index (χ1n) is 20.8. The molecule has 0 bridgehead atoms. The van der Waals surface area contributed by atoms with Gasteiger partial charge in [-0.1, -0.05) is 182 Å². The van der Waals surface area contributed by atoms with E-state index in [0.717, 1.165) is 56.0 Å². The molecule has 8 aromatic carbocycles.